The second kappa shape index (κ2) is 12.1. The molecule has 102 valence electrons. The van der Waals surface area contributed by atoms with Crippen LogP contribution in [0, 0.1) is 0 Å². The van der Waals surface area contributed by atoms with Crippen molar-refractivity contribution in [3.8, 4) is 0 Å². The summed E-state index contributed by atoms with van der Waals surface area (Å²) in [6.07, 6.45) is 8.66. The van der Waals surface area contributed by atoms with Crippen LogP contribution in [0.3, 0.4) is 0 Å². The van der Waals surface area contributed by atoms with Gasteiger partial charge in [0.15, 0.2) is 5.96 Å². The van der Waals surface area contributed by atoms with E-state index in [2.05, 4.69) is 35.7 Å². The summed E-state index contributed by atoms with van der Waals surface area (Å²) in [6, 6.07) is 0.507. The zero-order chi connectivity index (χ0) is 12.9. The zero-order valence-corrected chi connectivity index (χ0v) is 12.7. The van der Waals surface area contributed by atoms with Crippen LogP contribution in [0.1, 0.15) is 46.0 Å². The van der Waals surface area contributed by atoms with Crippen LogP contribution in [0.25, 0.3) is 0 Å². The normalized spacial score (nSPS) is 13.5. The van der Waals surface area contributed by atoms with E-state index in [9.17, 15) is 0 Å². The minimum absolute atomic E-state index is 0.507. The van der Waals surface area contributed by atoms with Gasteiger partial charge in [-0.05, 0) is 19.6 Å². The fourth-order valence-corrected chi connectivity index (χ4v) is 1.96. The van der Waals surface area contributed by atoms with Crippen molar-refractivity contribution in [1.29, 1.82) is 0 Å². The zero-order valence-electron chi connectivity index (χ0n) is 11.9. The molecule has 0 aliphatic rings. The predicted molar refractivity (Wildman–Crippen MR) is 81.1 cm³/mol. The molecule has 2 N–H and O–H groups in total. The summed E-state index contributed by atoms with van der Waals surface area (Å²) in [4.78, 5) is 4.23. The summed E-state index contributed by atoms with van der Waals surface area (Å²) in [7, 11) is 1.83. The standard InChI is InChI=1S/C13H29N3S/c1-5-6-7-8-9-12(2)16-13(14-3)15-10-11-17-4/h12H,5-11H2,1-4H3,(H2,14,15,16). The molecule has 0 spiro atoms. The molecular weight excluding hydrogens is 230 g/mol. The molecule has 1 unspecified atom stereocenters. The van der Waals surface area contributed by atoms with Crippen molar-refractivity contribution in [1.82, 2.24) is 10.6 Å². The van der Waals surface area contributed by atoms with Gasteiger partial charge >= 0.3 is 0 Å². The van der Waals surface area contributed by atoms with Crippen molar-refractivity contribution < 1.29 is 0 Å². The van der Waals surface area contributed by atoms with Crippen LogP contribution in [0.5, 0.6) is 0 Å². The summed E-state index contributed by atoms with van der Waals surface area (Å²) in [5.41, 5.74) is 0. The minimum atomic E-state index is 0.507. The first-order valence-electron chi connectivity index (χ1n) is 6.70. The Labute approximate surface area is 111 Å². The van der Waals surface area contributed by atoms with Crippen molar-refractivity contribution in [2.45, 2.75) is 52.0 Å². The Morgan fingerprint density at radius 1 is 1.29 bits per heavy atom. The van der Waals surface area contributed by atoms with Crippen molar-refractivity contribution in [3.63, 3.8) is 0 Å². The number of hydrogen-bond donors (Lipinski definition) is 2. The van der Waals surface area contributed by atoms with Crippen LogP contribution in [0.15, 0.2) is 4.99 Å². The van der Waals surface area contributed by atoms with Gasteiger partial charge in [0, 0.05) is 25.4 Å². The Balaban J connectivity index is 3.63. The number of rotatable bonds is 9. The Morgan fingerprint density at radius 3 is 2.65 bits per heavy atom. The smallest absolute Gasteiger partial charge is 0.191 e. The number of guanidine groups is 1. The van der Waals surface area contributed by atoms with Gasteiger partial charge in [0.05, 0.1) is 0 Å². The van der Waals surface area contributed by atoms with Crippen LogP contribution < -0.4 is 10.6 Å². The van der Waals surface area contributed by atoms with E-state index < -0.39 is 0 Å². The van der Waals surface area contributed by atoms with Crippen molar-refractivity contribution in [2.75, 3.05) is 25.6 Å². The van der Waals surface area contributed by atoms with Gasteiger partial charge in [-0.2, -0.15) is 11.8 Å². The minimum Gasteiger partial charge on any atom is -0.356 e. The monoisotopic (exact) mass is 259 g/mol. The number of nitrogens with one attached hydrogen (secondary N) is 2. The van der Waals surface area contributed by atoms with E-state index in [0.29, 0.717) is 6.04 Å². The molecule has 0 bridgehead atoms. The molecule has 0 aromatic carbocycles. The lowest BCUT2D eigenvalue weighted by atomic mass is 10.1. The van der Waals surface area contributed by atoms with E-state index in [1.54, 1.807) is 0 Å². The highest BCUT2D eigenvalue weighted by atomic mass is 32.2. The Morgan fingerprint density at radius 2 is 2.06 bits per heavy atom. The first kappa shape index (κ1) is 16.6. The molecule has 17 heavy (non-hydrogen) atoms. The van der Waals surface area contributed by atoms with Gasteiger partial charge in [0.1, 0.15) is 0 Å². The lowest BCUT2D eigenvalue weighted by Crippen LogP contribution is -2.42. The van der Waals surface area contributed by atoms with Crippen molar-refractivity contribution >= 4 is 17.7 Å². The summed E-state index contributed by atoms with van der Waals surface area (Å²) >= 11 is 1.85. The maximum Gasteiger partial charge on any atom is 0.191 e. The van der Waals surface area contributed by atoms with Gasteiger partial charge < -0.3 is 10.6 Å². The Bertz CT molecular complexity index is 195. The van der Waals surface area contributed by atoms with E-state index in [1.807, 2.05) is 18.8 Å². The summed E-state index contributed by atoms with van der Waals surface area (Å²) < 4.78 is 0. The fraction of sp³-hybridized carbons (Fsp3) is 0.923. The lowest BCUT2D eigenvalue weighted by Gasteiger charge is -2.17. The molecule has 0 heterocycles. The number of unbranched alkanes of at least 4 members (excludes halogenated alkanes) is 3. The maximum atomic E-state index is 4.23. The number of thioether (sulfide) groups is 1. The quantitative estimate of drug-likeness (QED) is 0.380. The van der Waals surface area contributed by atoms with E-state index >= 15 is 0 Å². The predicted octanol–water partition coefficient (Wildman–Crippen LogP) is 2.87. The first-order valence-corrected chi connectivity index (χ1v) is 8.10. The molecule has 0 saturated heterocycles. The Kier molecular flexibility index (Phi) is 11.8. The third-order valence-electron chi connectivity index (χ3n) is 2.70. The third kappa shape index (κ3) is 10.5. The van der Waals surface area contributed by atoms with E-state index in [4.69, 9.17) is 0 Å². The molecule has 1 atom stereocenters. The number of aliphatic imine (C=N–C) groups is 1. The average Bonchev–Trinajstić information content (AvgIpc) is 2.33. The first-order chi connectivity index (χ1) is 8.24. The van der Waals surface area contributed by atoms with Crippen LogP contribution in [-0.4, -0.2) is 37.6 Å². The molecule has 0 rings (SSSR count). The SMILES string of the molecule is CCCCCCC(C)NC(=NC)NCCSC. The molecule has 0 saturated carbocycles. The second-order valence-electron chi connectivity index (χ2n) is 4.39. The van der Waals surface area contributed by atoms with Gasteiger partial charge in [-0.15, -0.1) is 0 Å². The van der Waals surface area contributed by atoms with Crippen LogP contribution >= 0.6 is 11.8 Å². The van der Waals surface area contributed by atoms with Crippen molar-refractivity contribution in [3.05, 3.63) is 0 Å². The number of hydrogen-bond acceptors (Lipinski definition) is 2. The largest absolute Gasteiger partial charge is 0.356 e. The molecule has 0 aliphatic carbocycles. The summed E-state index contributed by atoms with van der Waals surface area (Å²) in [6.45, 7) is 5.45. The fourth-order valence-electron chi connectivity index (χ4n) is 1.65. The topological polar surface area (TPSA) is 36.4 Å². The molecule has 0 aromatic rings. The Hall–Kier alpha value is -0.380. The van der Waals surface area contributed by atoms with Gasteiger partial charge in [-0.1, -0.05) is 32.6 Å². The molecule has 0 aromatic heterocycles. The van der Waals surface area contributed by atoms with Gasteiger partial charge in [-0.25, -0.2) is 0 Å². The molecule has 3 nitrogen and oxygen atoms in total. The van der Waals surface area contributed by atoms with Crippen LogP contribution in [0.2, 0.25) is 0 Å². The highest BCUT2D eigenvalue weighted by molar-refractivity contribution is 7.98. The molecule has 0 fully saturated rings. The van der Waals surface area contributed by atoms with Gasteiger partial charge in [0.25, 0.3) is 0 Å². The molecule has 0 amide bonds. The average molecular weight is 259 g/mol. The molecule has 0 aliphatic heterocycles. The lowest BCUT2D eigenvalue weighted by molar-refractivity contribution is 0.538. The molecule has 0 radical (unpaired) electrons. The van der Waals surface area contributed by atoms with Crippen LogP contribution in [0.4, 0.5) is 0 Å². The second-order valence-corrected chi connectivity index (χ2v) is 5.37. The van der Waals surface area contributed by atoms with Gasteiger partial charge in [0.2, 0.25) is 0 Å². The summed E-state index contributed by atoms with van der Waals surface area (Å²) in [5, 5.41) is 6.75. The highest BCUT2D eigenvalue weighted by Gasteiger charge is 2.04. The van der Waals surface area contributed by atoms with Crippen LogP contribution in [-0.2, 0) is 0 Å². The van der Waals surface area contributed by atoms with E-state index in [-0.39, 0.29) is 0 Å². The van der Waals surface area contributed by atoms with Crippen molar-refractivity contribution in [2.24, 2.45) is 4.99 Å². The number of nitrogens with zero attached hydrogens (tertiary/aromatic N) is 1. The van der Waals surface area contributed by atoms with E-state index in [1.165, 1.54) is 32.1 Å². The summed E-state index contributed by atoms with van der Waals surface area (Å²) in [5.74, 6) is 2.05. The molecular formula is C13H29N3S. The maximum absolute atomic E-state index is 4.23. The third-order valence-corrected chi connectivity index (χ3v) is 3.31. The highest BCUT2D eigenvalue weighted by Crippen LogP contribution is 2.04. The van der Waals surface area contributed by atoms with E-state index in [0.717, 1.165) is 18.3 Å². The molecule has 4 heteroatoms. The van der Waals surface area contributed by atoms with Gasteiger partial charge in [-0.3, -0.25) is 4.99 Å².